The van der Waals surface area contributed by atoms with Gasteiger partial charge >= 0.3 is 0 Å². The van der Waals surface area contributed by atoms with E-state index in [0.29, 0.717) is 24.1 Å². The fourth-order valence-electron chi connectivity index (χ4n) is 1.31. The monoisotopic (exact) mass is 234 g/mol. The highest BCUT2D eigenvalue weighted by Crippen LogP contribution is 2.28. The molecule has 0 aliphatic rings. The van der Waals surface area contributed by atoms with Gasteiger partial charge in [-0.2, -0.15) is 0 Å². The van der Waals surface area contributed by atoms with Crippen molar-refractivity contribution in [3.8, 4) is 5.75 Å². The van der Waals surface area contributed by atoms with Crippen LogP contribution in [0.5, 0.6) is 5.75 Å². The van der Waals surface area contributed by atoms with Gasteiger partial charge in [-0.3, -0.25) is 0 Å². The lowest BCUT2D eigenvalue weighted by atomic mass is 10.0. The van der Waals surface area contributed by atoms with Gasteiger partial charge in [0, 0.05) is 11.6 Å². The molecule has 0 amide bonds. The number of aromatic hydroxyl groups is 1. The molecule has 5 heteroatoms. The number of phenolic OH excluding ortho intramolecular Hbond substituents is 1. The van der Waals surface area contributed by atoms with Gasteiger partial charge in [0.25, 0.3) is 0 Å². The number of halogens is 2. The predicted octanol–water partition coefficient (Wildman–Crippen LogP) is 1.61. The molecule has 0 unspecified atom stereocenters. The van der Waals surface area contributed by atoms with Crippen LogP contribution in [0.25, 0.3) is 0 Å². The fraction of sp³-hybridized carbons (Fsp3) is 0.400. The Labute approximate surface area is 94.7 Å². The molecule has 0 aliphatic heterocycles. The number of hydrogen-bond acceptors (Lipinski definition) is 3. The van der Waals surface area contributed by atoms with Crippen molar-refractivity contribution >= 4 is 12.4 Å². The quantitative estimate of drug-likeness (QED) is 0.744. The molecule has 1 atom stereocenters. The summed E-state index contributed by atoms with van der Waals surface area (Å²) in [4.78, 5) is 0. The summed E-state index contributed by atoms with van der Waals surface area (Å²) in [6, 6.07) is 2.82. The van der Waals surface area contributed by atoms with Crippen molar-refractivity contribution < 1.29 is 9.50 Å². The Bertz CT molecular complexity index is 333. The maximum atomic E-state index is 13.3. The zero-order chi connectivity index (χ0) is 10.7. The predicted molar refractivity (Wildman–Crippen MR) is 60.6 cm³/mol. The SMILES string of the molecule is Cc1ccc([C@H](N)CCN)c(O)c1F.Cl. The van der Waals surface area contributed by atoms with Crippen molar-refractivity contribution in [2.45, 2.75) is 19.4 Å². The molecule has 5 N–H and O–H groups in total. The topological polar surface area (TPSA) is 72.3 Å². The lowest BCUT2D eigenvalue weighted by molar-refractivity contribution is 0.417. The molecule has 86 valence electrons. The maximum Gasteiger partial charge on any atom is 0.168 e. The Hall–Kier alpha value is -0.840. The largest absolute Gasteiger partial charge is 0.505 e. The molecule has 1 aromatic rings. The van der Waals surface area contributed by atoms with Crippen molar-refractivity contribution in [2.24, 2.45) is 11.5 Å². The molecule has 15 heavy (non-hydrogen) atoms. The number of benzene rings is 1. The summed E-state index contributed by atoms with van der Waals surface area (Å²) in [7, 11) is 0. The van der Waals surface area contributed by atoms with Gasteiger partial charge in [0.1, 0.15) is 0 Å². The van der Waals surface area contributed by atoms with Crippen molar-refractivity contribution in [1.29, 1.82) is 0 Å². The lowest BCUT2D eigenvalue weighted by Gasteiger charge is -2.13. The van der Waals surface area contributed by atoms with Crippen LogP contribution in [0.4, 0.5) is 4.39 Å². The second-order valence-electron chi connectivity index (χ2n) is 3.32. The Morgan fingerprint density at radius 1 is 1.47 bits per heavy atom. The number of hydrogen-bond donors (Lipinski definition) is 3. The van der Waals surface area contributed by atoms with E-state index in [9.17, 15) is 9.50 Å². The zero-order valence-corrected chi connectivity index (χ0v) is 9.35. The highest BCUT2D eigenvalue weighted by Gasteiger charge is 2.14. The molecule has 0 heterocycles. The Morgan fingerprint density at radius 2 is 2.07 bits per heavy atom. The second-order valence-corrected chi connectivity index (χ2v) is 3.32. The first kappa shape index (κ1) is 14.2. The summed E-state index contributed by atoms with van der Waals surface area (Å²) in [5.74, 6) is -0.957. The zero-order valence-electron chi connectivity index (χ0n) is 8.53. The molecular formula is C10H16ClFN2O. The van der Waals surface area contributed by atoms with Crippen LogP contribution in [-0.4, -0.2) is 11.7 Å². The molecule has 0 aromatic heterocycles. The van der Waals surface area contributed by atoms with Gasteiger partial charge in [0.05, 0.1) is 0 Å². The van der Waals surface area contributed by atoms with E-state index in [1.807, 2.05) is 0 Å². The molecule has 1 aromatic carbocycles. The molecular weight excluding hydrogens is 219 g/mol. The number of rotatable bonds is 3. The highest BCUT2D eigenvalue weighted by atomic mass is 35.5. The van der Waals surface area contributed by atoms with Gasteiger partial charge < -0.3 is 16.6 Å². The molecule has 0 saturated heterocycles. The first-order chi connectivity index (χ1) is 6.57. The van der Waals surface area contributed by atoms with Crippen LogP contribution >= 0.6 is 12.4 Å². The van der Waals surface area contributed by atoms with E-state index < -0.39 is 11.9 Å². The summed E-state index contributed by atoms with van der Waals surface area (Å²) in [6.07, 6.45) is 0.524. The van der Waals surface area contributed by atoms with Crippen LogP contribution in [0.1, 0.15) is 23.6 Å². The standard InChI is InChI=1S/C10H15FN2O.ClH/c1-6-2-3-7(8(13)4-5-12)10(14)9(6)11;/h2-3,8,14H,4-5,12-13H2,1H3;1H/t8-;/m1./s1. The van der Waals surface area contributed by atoms with Crippen LogP contribution < -0.4 is 11.5 Å². The lowest BCUT2D eigenvalue weighted by Crippen LogP contribution is -2.15. The van der Waals surface area contributed by atoms with Gasteiger partial charge in [-0.25, -0.2) is 4.39 Å². The molecule has 0 fully saturated rings. The summed E-state index contributed by atoms with van der Waals surface area (Å²) >= 11 is 0. The summed E-state index contributed by atoms with van der Waals surface area (Å²) in [5.41, 5.74) is 11.9. The van der Waals surface area contributed by atoms with E-state index in [1.54, 1.807) is 19.1 Å². The smallest absolute Gasteiger partial charge is 0.168 e. The third-order valence-electron chi connectivity index (χ3n) is 2.22. The Kier molecular flexibility index (Phi) is 5.57. The van der Waals surface area contributed by atoms with E-state index in [-0.39, 0.29) is 18.2 Å². The molecule has 0 saturated carbocycles. The van der Waals surface area contributed by atoms with Gasteiger partial charge in [-0.05, 0) is 25.5 Å². The second kappa shape index (κ2) is 5.90. The number of nitrogens with two attached hydrogens (primary N) is 2. The van der Waals surface area contributed by atoms with Gasteiger partial charge in [-0.15, -0.1) is 12.4 Å². The highest BCUT2D eigenvalue weighted by molar-refractivity contribution is 5.85. The Morgan fingerprint density at radius 3 is 2.60 bits per heavy atom. The van der Waals surface area contributed by atoms with Gasteiger partial charge in [-0.1, -0.05) is 12.1 Å². The van der Waals surface area contributed by atoms with Crippen molar-refractivity contribution in [2.75, 3.05) is 6.54 Å². The minimum atomic E-state index is -0.602. The van der Waals surface area contributed by atoms with E-state index >= 15 is 0 Å². The van der Waals surface area contributed by atoms with Crippen molar-refractivity contribution in [3.05, 3.63) is 29.1 Å². The minimum Gasteiger partial charge on any atom is -0.505 e. The maximum absolute atomic E-state index is 13.3. The third kappa shape index (κ3) is 3.06. The molecule has 3 nitrogen and oxygen atoms in total. The van der Waals surface area contributed by atoms with Crippen molar-refractivity contribution in [3.63, 3.8) is 0 Å². The van der Waals surface area contributed by atoms with Crippen LogP contribution in [0.15, 0.2) is 12.1 Å². The summed E-state index contributed by atoms with van der Waals surface area (Å²) < 4.78 is 13.3. The van der Waals surface area contributed by atoms with E-state index in [2.05, 4.69) is 0 Å². The number of phenols is 1. The average Bonchev–Trinajstić information content (AvgIpc) is 2.15. The molecule has 0 spiro atoms. The van der Waals surface area contributed by atoms with Crippen molar-refractivity contribution in [1.82, 2.24) is 0 Å². The molecule has 0 bridgehead atoms. The van der Waals surface area contributed by atoms with Crippen LogP contribution in [0.3, 0.4) is 0 Å². The summed E-state index contributed by atoms with van der Waals surface area (Å²) in [5, 5.41) is 9.48. The van der Waals surface area contributed by atoms with E-state index in [4.69, 9.17) is 11.5 Å². The average molecular weight is 235 g/mol. The molecule has 0 radical (unpaired) electrons. The first-order valence-electron chi connectivity index (χ1n) is 4.51. The van der Waals surface area contributed by atoms with Crippen LogP contribution in [-0.2, 0) is 0 Å². The normalized spacial score (nSPS) is 12.0. The minimum absolute atomic E-state index is 0. The van der Waals surface area contributed by atoms with E-state index in [1.165, 1.54) is 0 Å². The number of aryl methyl sites for hydroxylation is 1. The van der Waals surface area contributed by atoms with Gasteiger partial charge in [0.15, 0.2) is 11.6 Å². The summed E-state index contributed by atoms with van der Waals surface area (Å²) in [6.45, 7) is 2.00. The molecule has 1 rings (SSSR count). The molecule has 0 aliphatic carbocycles. The van der Waals surface area contributed by atoms with E-state index in [0.717, 1.165) is 0 Å². The fourth-order valence-corrected chi connectivity index (χ4v) is 1.31. The Balaban J connectivity index is 0.00000196. The van der Waals surface area contributed by atoms with Crippen LogP contribution in [0.2, 0.25) is 0 Å². The third-order valence-corrected chi connectivity index (χ3v) is 2.22. The first-order valence-corrected chi connectivity index (χ1v) is 4.51. The van der Waals surface area contributed by atoms with Crippen LogP contribution in [0, 0.1) is 12.7 Å². The van der Waals surface area contributed by atoms with Gasteiger partial charge in [0.2, 0.25) is 0 Å².